The van der Waals surface area contributed by atoms with Crippen LogP contribution < -0.4 is 5.32 Å². The van der Waals surface area contributed by atoms with Crippen LogP contribution in [-0.2, 0) is 0 Å². The smallest absolute Gasteiger partial charge is 0.137 e. The Morgan fingerprint density at radius 1 is 1.29 bits per heavy atom. The van der Waals surface area contributed by atoms with Crippen molar-refractivity contribution >= 4 is 11.5 Å². The molecule has 0 radical (unpaired) electrons. The first-order chi connectivity index (χ1) is 11.7. The summed E-state index contributed by atoms with van der Waals surface area (Å²) >= 11 is 0. The molecule has 4 heterocycles. The molecule has 24 heavy (non-hydrogen) atoms. The fourth-order valence-electron chi connectivity index (χ4n) is 3.16. The van der Waals surface area contributed by atoms with Gasteiger partial charge in [0.25, 0.3) is 0 Å². The van der Waals surface area contributed by atoms with Crippen LogP contribution in [0.3, 0.4) is 0 Å². The normalized spacial score (nSPS) is 17.9. The predicted octanol–water partition coefficient (Wildman–Crippen LogP) is 2.38. The lowest BCUT2D eigenvalue weighted by molar-refractivity contribution is 0.414. The van der Waals surface area contributed by atoms with Gasteiger partial charge in [0.05, 0.1) is 23.1 Å². The number of likely N-dealkylation sites (tertiary alicyclic amines) is 1. The van der Waals surface area contributed by atoms with Crippen molar-refractivity contribution < 1.29 is 0 Å². The number of likely N-dealkylation sites (N-methyl/N-ethyl adjacent to an activating group) is 1. The molecule has 1 aliphatic rings. The van der Waals surface area contributed by atoms with Gasteiger partial charge in [-0.05, 0) is 44.3 Å². The maximum atomic E-state index is 9.11. The van der Waals surface area contributed by atoms with Gasteiger partial charge in [0, 0.05) is 18.8 Å². The molecule has 0 aromatic carbocycles. The number of pyridine rings is 2. The molecular weight excluding hydrogens is 300 g/mol. The van der Waals surface area contributed by atoms with E-state index in [2.05, 4.69) is 28.3 Å². The van der Waals surface area contributed by atoms with Gasteiger partial charge in [0.15, 0.2) is 0 Å². The van der Waals surface area contributed by atoms with E-state index >= 15 is 0 Å². The third-order valence-corrected chi connectivity index (χ3v) is 4.39. The highest BCUT2D eigenvalue weighted by Crippen LogP contribution is 2.22. The average molecular weight is 318 g/mol. The summed E-state index contributed by atoms with van der Waals surface area (Å²) in [6, 6.07) is 12.2. The molecule has 1 N–H and O–H groups in total. The Bertz CT molecular complexity index is 923. The molecular formula is C18H18N6. The van der Waals surface area contributed by atoms with Crippen molar-refractivity contribution in [2.24, 2.45) is 0 Å². The fraction of sp³-hybridized carbons (Fsp3) is 0.278. The van der Waals surface area contributed by atoms with Gasteiger partial charge in [-0.15, -0.1) is 0 Å². The van der Waals surface area contributed by atoms with Crippen molar-refractivity contribution in [2.45, 2.75) is 12.5 Å². The molecule has 0 spiro atoms. The summed E-state index contributed by atoms with van der Waals surface area (Å²) in [5.74, 6) is 0.874. The molecule has 0 amide bonds. The van der Waals surface area contributed by atoms with E-state index in [-0.39, 0.29) is 0 Å². The number of fused-ring (bicyclic) bond motifs is 1. The lowest BCUT2D eigenvalue weighted by Gasteiger charge is -2.14. The second-order valence-corrected chi connectivity index (χ2v) is 6.20. The molecule has 1 atom stereocenters. The van der Waals surface area contributed by atoms with Gasteiger partial charge in [0.1, 0.15) is 17.5 Å². The van der Waals surface area contributed by atoms with E-state index < -0.39 is 0 Å². The lowest BCUT2D eigenvalue weighted by atomic mass is 10.2. The van der Waals surface area contributed by atoms with Crippen molar-refractivity contribution in [1.29, 1.82) is 5.26 Å². The Balaban J connectivity index is 1.67. The topological polar surface area (TPSA) is 69.2 Å². The summed E-state index contributed by atoms with van der Waals surface area (Å²) in [4.78, 5) is 11.5. The minimum atomic E-state index is 0.435. The van der Waals surface area contributed by atoms with Gasteiger partial charge in [-0.1, -0.05) is 6.07 Å². The molecule has 1 unspecified atom stereocenters. The number of hydrogen-bond donors (Lipinski definition) is 1. The first-order valence-corrected chi connectivity index (χ1v) is 8.02. The molecule has 0 saturated carbocycles. The van der Waals surface area contributed by atoms with E-state index in [1.54, 1.807) is 18.5 Å². The first kappa shape index (κ1) is 14.7. The third kappa shape index (κ3) is 2.70. The number of imidazole rings is 1. The fourth-order valence-corrected chi connectivity index (χ4v) is 3.16. The number of hydrogen-bond acceptors (Lipinski definition) is 5. The molecule has 0 aliphatic carbocycles. The van der Waals surface area contributed by atoms with E-state index in [0.717, 1.165) is 42.4 Å². The second-order valence-electron chi connectivity index (χ2n) is 6.20. The predicted molar refractivity (Wildman–Crippen MR) is 92.7 cm³/mol. The Morgan fingerprint density at radius 2 is 2.21 bits per heavy atom. The molecule has 120 valence electrons. The maximum absolute atomic E-state index is 9.11. The van der Waals surface area contributed by atoms with Gasteiger partial charge < -0.3 is 10.2 Å². The highest BCUT2D eigenvalue weighted by Gasteiger charge is 2.19. The van der Waals surface area contributed by atoms with Crippen LogP contribution in [-0.4, -0.2) is 45.4 Å². The van der Waals surface area contributed by atoms with Gasteiger partial charge in [0.2, 0.25) is 0 Å². The molecule has 6 heteroatoms. The minimum absolute atomic E-state index is 0.435. The second kappa shape index (κ2) is 5.95. The summed E-state index contributed by atoms with van der Waals surface area (Å²) in [7, 11) is 2.14. The lowest BCUT2D eigenvalue weighted by Crippen LogP contribution is -2.23. The molecule has 1 saturated heterocycles. The van der Waals surface area contributed by atoms with Crippen molar-refractivity contribution in [3.05, 3.63) is 48.3 Å². The van der Waals surface area contributed by atoms with Crippen LogP contribution in [0.25, 0.3) is 17.0 Å². The molecule has 1 fully saturated rings. The highest BCUT2D eigenvalue weighted by atomic mass is 15.2. The standard InChI is InChI=1S/C18H18N6/c1-23-8-7-14(12-23)21-17-4-2-3-15(22-17)16-10-20-18-6-5-13(9-19)11-24(16)18/h2-6,10-11,14H,7-8,12H2,1H3,(H,21,22). The van der Waals surface area contributed by atoms with Gasteiger partial charge >= 0.3 is 0 Å². The third-order valence-electron chi connectivity index (χ3n) is 4.39. The van der Waals surface area contributed by atoms with Crippen LogP contribution in [0, 0.1) is 11.3 Å². The van der Waals surface area contributed by atoms with Crippen LogP contribution in [0.4, 0.5) is 5.82 Å². The molecule has 0 bridgehead atoms. The number of nitrogens with one attached hydrogen (secondary N) is 1. The van der Waals surface area contributed by atoms with Gasteiger partial charge in [-0.2, -0.15) is 5.26 Å². The van der Waals surface area contributed by atoms with E-state index in [0.29, 0.717) is 11.6 Å². The summed E-state index contributed by atoms with van der Waals surface area (Å²) in [6.45, 7) is 2.15. The Labute approximate surface area is 140 Å². The van der Waals surface area contributed by atoms with Gasteiger partial charge in [-0.3, -0.25) is 4.40 Å². The summed E-state index contributed by atoms with van der Waals surface area (Å²) in [6.07, 6.45) is 4.72. The quantitative estimate of drug-likeness (QED) is 0.803. The van der Waals surface area contributed by atoms with E-state index in [9.17, 15) is 0 Å². The zero-order valence-corrected chi connectivity index (χ0v) is 13.5. The summed E-state index contributed by atoms with van der Waals surface area (Å²) < 4.78 is 1.91. The van der Waals surface area contributed by atoms with Crippen molar-refractivity contribution in [3.8, 4) is 17.5 Å². The number of aromatic nitrogens is 3. The summed E-state index contributed by atoms with van der Waals surface area (Å²) in [5.41, 5.74) is 3.13. The zero-order chi connectivity index (χ0) is 16.5. The maximum Gasteiger partial charge on any atom is 0.137 e. The SMILES string of the molecule is CN1CCC(Nc2cccc(-c3cnc4ccc(C#N)cn34)n2)C1. The van der Waals surface area contributed by atoms with Crippen molar-refractivity contribution in [1.82, 2.24) is 19.3 Å². The largest absolute Gasteiger partial charge is 0.366 e. The number of anilines is 1. The van der Waals surface area contributed by atoms with Crippen LogP contribution in [0.5, 0.6) is 0 Å². The van der Waals surface area contributed by atoms with Crippen LogP contribution in [0.2, 0.25) is 0 Å². The minimum Gasteiger partial charge on any atom is -0.366 e. The van der Waals surface area contributed by atoms with Crippen molar-refractivity contribution in [2.75, 3.05) is 25.5 Å². The molecule has 3 aromatic rings. The van der Waals surface area contributed by atoms with E-state index in [1.165, 1.54) is 0 Å². The number of nitriles is 1. The number of nitrogens with zero attached hydrogens (tertiary/aromatic N) is 5. The molecule has 4 rings (SSSR count). The molecule has 3 aromatic heterocycles. The zero-order valence-electron chi connectivity index (χ0n) is 13.5. The van der Waals surface area contributed by atoms with E-state index in [1.807, 2.05) is 28.7 Å². The van der Waals surface area contributed by atoms with Crippen LogP contribution in [0.1, 0.15) is 12.0 Å². The Kier molecular flexibility index (Phi) is 3.63. The Morgan fingerprint density at radius 3 is 3.00 bits per heavy atom. The van der Waals surface area contributed by atoms with E-state index in [4.69, 9.17) is 10.2 Å². The van der Waals surface area contributed by atoms with Gasteiger partial charge in [-0.25, -0.2) is 9.97 Å². The van der Waals surface area contributed by atoms with Crippen LogP contribution in [0.15, 0.2) is 42.7 Å². The molecule has 6 nitrogen and oxygen atoms in total. The molecule has 1 aliphatic heterocycles. The first-order valence-electron chi connectivity index (χ1n) is 8.02. The average Bonchev–Trinajstić information content (AvgIpc) is 3.20. The monoisotopic (exact) mass is 318 g/mol. The highest BCUT2D eigenvalue weighted by molar-refractivity contribution is 5.62. The van der Waals surface area contributed by atoms with Crippen LogP contribution >= 0.6 is 0 Å². The Hall–Kier alpha value is -2.91. The van der Waals surface area contributed by atoms with Crippen molar-refractivity contribution in [3.63, 3.8) is 0 Å². The number of rotatable bonds is 3. The summed E-state index contributed by atoms with van der Waals surface area (Å²) in [5, 5.41) is 12.6.